The third-order valence-electron chi connectivity index (χ3n) is 3.10. The standard InChI is InChI=1S/C15H17Cl2NS/c1-3-4-13(18-2)15-8-7-14(19-15)10-5-6-11(16)12(17)9-10/h5-9,13,18H,3-4H2,1-2H3. The van der Waals surface area contributed by atoms with Gasteiger partial charge >= 0.3 is 0 Å². The third-order valence-corrected chi connectivity index (χ3v) is 5.09. The molecule has 0 spiro atoms. The third kappa shape index (κ3) is 3.51. The predicted octanol–water partition coefficient (Wildman–Crippen LogP) is 5.78. The predicted molar refractivity (Wildman–Crippen MR) is 86.5 cm³/mol. The summed E-state index contributed by atoms with van der Waals surface area (Å²) in [5, 5.41) is 4.57. The van der Waals surface area contributed by atoms with E-state index >= 15 is 0 Å². The maximum atomic E-state index is 6.07. The van der Waals surface area contributed by atoms with Crippen LogP contribution in [0, 0.1) is 0 Å². The van der Waals surface area contributed by atoms with E-state index in [1.165, 1.54) is 16.2 Å². The van der Waals surface area contributed by atoms with Crippen molar-refractivity contribution in [3.63, 3.8) is 0 Å². The van der Waals surface area contributed by atoms with E-state index in [0.717, 1.165) is 12.0 Å². The quantitative estimate of drug-likeness (QED) is 0.737. The zero-order valence-electron chi connectivity index (χ0n) is 11.0. The maximum Gasteiger partial charge on any atom is 0.0598 e. The van der Waals surface area contributed by atoms with Gasteiger partial charge in [-0.1, -0.05) is 42.6 Å². The molecule has 1 atom stereocenters. The molecule has 1 unspecified atom stereocenters. The molecule has 102 valence electrons. The Bertz CT molecular complexity index is 551. The summed E-state index contributed by atoms with van der Waals surface area (Å²) in [4.78, 5) is 2.59. The van der Waals surface area contributed by atoms with E-state index in [9.17, 15) is 0 Å². The van der Waals surface area contributed by atoms with Crippen LogP contribution in [0.15, 0.2) is 30.3 Å². The van der Waals surface area contributed by atoms with Crippen molar-refractivity contribution < 1.29 is 0 Å². The number of rotatable bonds is 5. The highest BCUT2D eigenvalue weighted by molar-refractivity contribution is 7.15. The lowest BCUT2D eigenvalue weighted by molar-refractivity contribution is 0.550. The summed E-state index contributed by atoms with van der Waals surface area (Å²) >= 11 is 13.8. The Morgan fingerprint density at radius 1 is 1.16 bits per heavy atom. The van der Waals surface area contributed by atoms with E-state index in [0.29, 0.717) is 16.1 Å². The van der Waals surface area contributed by atoms with Crippen molar-refractivity contribution in [3.8, 4) is 10.4 Å². The highest BCUT2D eigenvalue weighted by Crippen LogP contribution is 2.35. The molecular formula is C15H17Cl2NS. The number of nitrogens with one attached hydrogen (secondary N) is 1. The second kappa shape index (κ2) is 6.76. The molecule has 1 nitrogen and oxygen atoms in total. The molecule has 0 aliphatic carbocycles. The first kappa shape index (κ1) is 14.9. The molecule has 1 N–H and O–H groups in total. The molecular weight excluding hydrogens is 297 g/mol. The van der Waals surface area contributed by atoms with Crippen molar-refractivity contribution in [2.45, 2.75) is 25.8 Å². The maximum absolute atomic E-state index is 6.07. The summed E-state index contributed by atoms with van der Waals surface area (Å²) in [5.74, 6) is 0. The molecule has 0 radical (unpaired) electrons. The monoisotopic (exact) mass is 313 g/mol. The minimum atomic E-state index is 0.437. The van der Waals surface area contributed by atoms with Crippen LogP contribution in [-0.4, -0.2) is 7.05 Å². The van der Waals surface area contributed by atoms with Gasteiger partial charge in [-0.3, -0.25) is 0 Å². The number of hydrogen-bond acceptors (Lipinski definition) is 2. The van der Waals surface area contributed by atoms with Crippen LogP contribution in [0.1, 0.15) is 30.7 Å². The highest BCUT2D eigenvalue weighted by atomic mass is 35.5. The van der Waals surface area contributed by atoms with Gasteiger partial charge in [0.1, 0.15) is 0 Å². The molecule has 0 aliphatic rings. The molecule has 19 heavy (non-hydrogen) atoms. The second-order valence-electron chi connectivity index (χ2n) is 4.46. The Labute approximate surface area is 128 Å². The van der Waals surface area contributed by atoms with Crippen molar-refractivity contribution in [3.05, 3.63) is 45.3 Å². The summed E-state index contributed by atoms with van der Waals surface area (Å²) < 4.78 is 0. The van der Waals surface area contributed by atoms with E-state index in [1.807, 2.05) is 36.6 Å². The van der Waals surface area contributed by atoms with Crippen molar-refractivity contribution >= 4 is 34.5 Å². The number of halogens is 2. The van der Waals surface area contributed by atoms with Crippen LogP contribution in [0.5, 0.6) is 0 Å². The summed E-state index contributed by atoms with van der Waals surface area (Å²) in [5.41, 5.74) is 1.12. The summed E-state index contributed by atoms with van der Waals surface area (Å²) in [6, 6.07) is 10.6. The van der Waals surface area contributed by atoms with Gasteiger partial charge in [0.2, 0.25) is 0 Å². The molecule has 1 heterocycles. The fourth-order valence-corrected chi connectivity index (χ4v) is 3.51. The molecule has 0 saturated heterocycles. The van der Waals surface area contributed by atoms with Crippen LogP contribution in [-0.2, 0) is 0 Å². The van der Waals surface area contributed by atoms with Gasteiger partial charge < -0.3 is 5.32 Å². The average Bonchev–Trinajstić information content (AvgIpc) is 2.88. The second-order valence-corrected chi connectivity index (χ2v) is 6.39. The minimum Gasteiger partial charge on any atom is -0.312 e. The topological polar surface area (TPSA) is 12.0 Å². The summed E-state index contributed by atoms with van der Waals surface area (Å²) in [6.07, 6.45) is 2.32. The fourth-order valence-electron chi connectivity index (χ4n) is 2.06. The molecule has 0 fully saturated rings. The average molecular weight is 314 g/mol. The highest BCUT2D eigenvalue weighted by Gasteiger charge is 2.12. The molecule has 0 bridgehead atoms. The van der Waals surface area contributed by atoms with Gasteiger partial charge in [0, 0.05) is 15.8 Å². The Morgan fingerprint density at radius 2 is 1.95 bits per heavy atom. The van der Waals surface area contributed by atoms with Crippen molar-refractivity contribution in [1.82, 2.24) is 5.32 Å². The molecule has 0 amide bonds. The van der Waals surface area contributed by atoms with E-state index in [4.69, 9.17) is 23.2 Å². The van der Waals surface area contributed by atoms with E-state index in [2.05, 4.69) is 24.4 Å². The first-order valence-corrected chi connectivity index (χ1v) is 7.95. The van der Waals surface area contributed by atoms with E-state index < -0.39 is 0 Å². The normalized spacial score (nSPS) is 12.6. The van der Waals surface area contributed by atoms with Crippen LogP contribution in [0.25, 0.3) is 10.4 Å². The van der Waals surface area contributed by atoms with Crippen molar-refractivity contribution in [2.75, 3.05) is 7.05 Å². The Kier molecular flexibility index (Phi) is 5.28. The summed E-state index contributed by atoms with van der Waals surface area (Å²) in [6.45, 7) is 2.21. The lowest BCUT2D eigenvalue weighted by Gasteiger charge is -2.12. The van der Waals surface area contributed by atoms with Gasteiger partial charge in [0.05, 0.1) is 10.0 Å². The minimum absolute atomic E-state index is 0.437. The van der Waals surface area contributed by atoms with Gasteiger partial charge in [-0.2, -0.15) is 0 Å². The summed E-state index contributed by atoms with van der Waals surface area (Å²) in [7, 11) is 2.01. The smallest absolute Gasteiger partial charge is 0.0598 e. The van der Waals surface area contributed by atoms with E-state index in [1.54, 1.807) is 0 Å². The molecule has 4 heteroatoms. The van der Waals surface area contributed by atoms with Crippen molar-refractivity contribution in [1.29, 1.82) is 0 Å². The number of thiophene rings is 1. The van der Waals surface area contributed by atoms with Crippen LogP contribution in [0.2, 0.25) is 10.0 Å². The van der Waals surface area contributed by atoms with Gasteiger partial charge in [-0.05, 0) is 43.3 Å². The van der Waals surface area contributed by atoms with Gasteiger partial charge in [0.15, 0.2) is 0 Å². The zero-order chi connectivity index (χ0) is 13.8. The van der Waals surface area contributed by atoms with Gasteiger partial charge in [0.25, 0.3) is 0 Å². The fraction of sp³-hybridized carbons (Fsp3) is 0.333. The first-order chi connectivity index (χ1) is 9.15. The molecule has 1 aromatic carbocycles. The zero-order valence-corrected chi connectivity index (χ0v) is 13.4. The van der Waals surface area contributed by atoms with Crippen molar-refractivity contribution in [2.24, 2.45) is 0 Å². The van der Waals surface area contributed by atoms with Crippen LogP contribution in [0.4, 0.5) is 0 Å². The lowest BCUT2D eigenvalue weighted by Crippen LogP contribution is -2.14. The molecule has 2 aromatic rings. The lowest BCUT2D eigenvalue weighted by atomic mass is 10.1. The van der Waals surface area contributed by atoms with Crippen LogP contribution >= 0.6 is 34.5 Å². The number of benzene rings is 1. The largest absolute Gasteiger partial charge is 0.312 e. The Balaban J connectivity index is 2.27. The SMILES string of the molecule is CCCC(NC)c1ccc(-c2ccc(Cl)c(Cl)c2)s1. The molecule has 0 saturated carbocycles. The molecule has 1 aromatic heterocycles. The first-order valence-electron chi connectivity index (χ1n) is 6.38. The van der Waals surface area contributed by atoms with Gasteiger partial charge in [-0.25, -0.2) is 0 Å². The Hall–Kier alpha value is -0.540. The van der Waals surface area contributed by atoms with Crippen LogP contribution < -0.4 is 5.32 Å². The molecule has 0 aliphatic heterocycles. The van der Waals surface area contributed by atoms with Gasteiger partial charge in [-0.15, -0.1) is 11.3 Å². The molecule has 2 rings (SSSR count). The van der Waals surface area contributed by atoms with Crippen LogP contribution in [0.3, 0.4) is 0 Å². The van der Waals surface area contributed by atoms with E-state index in [-0.39, 0.29) is 0 Å². The number of hydrogen-bond donors (Lipinski definition) is 1. The Morgan fingerprint density at radius 3 is 2.58 bits per heavy atom.